The lowest BCUT2D eigenvalue weighted by atomic mass is 9.81. The Bertz CT molecular complexity index is 829. The van der Waals surface area contributed by atoms with Crippen LogP contribution in [0, 0.1) is 17.2 Å². The van der Waals surface area contributed by atoms with Crippen molar-refractivity contribution in [3.8, 4) is 11.1 Å². The normalized spacial score (nSPS) is 25.2. The summed E-state index contributed by atoms with van der Waals surface area (Å²) < 4.78 is 13.1. The number of H-pyrrole nitrogens is 1. The predicted molar refractivity (Wildman–Crippen MR) is 89.5 cm³/mol. The van der Waals surface area contributed by atoms with E-state index in [2.05, 4.69) is 4.98 Å². The van der Waals surface area contributed by atoms with Gasteiger partial charge in [0.05, 0.1) is 11.0 Å². The van der Waals surface area contributed by atoms with Gasteiger partial charge >= 0.3 is 5.97 Å². The topological polar surface area (TPSA) is 73.4 Å². The average molecular weight is 342 g/mol. The molecule has 0 unspecified atom stereocenters. The zero-order valence-electron chi connectivity index (χ0n) is 13.7. The van der Waals surface area contributed by atoms with Gasteiger partial charge in [-0.15, -0.1) is 0 Å². The predicted octanol–water partition coefficient (Wildman–Crippen LogP) is 3.15. The van der Waals surface area contributed by atoms with E-state index in [0.29, 0.717) is 24.1 Å². The van der Waals surface area contributed by atoms with Crippen LogP contribution in [0.15, 0.2) is 36.7 Å². The van der Waals surface area contributed by atoms with E-state index >= 15 is 0 Å². The van der Waals surface area contributed by atoms with E-state index in [9.17, 15) is 19.1 Å². The Labute approximate surface area is 144 Å². The van der Waals surface area contributed by atoms with Crippen LogP contribution in [0.5, 0.6) is 0 Å². The van der Waals surface area contributed by atoms with E-state index in [1.165, 1.54) is 12.1 Å². The molecular formula is C19H19FN2O3. The molecule has 4 rings (SSSR count). The number of halogens is 1. The molecule has 1 saturated carbocycles. The molecule has 0 bridgehead atoms. The van der Waals surface area contributed by atoms with Gasteiger partial charge in [-0.1, -0.05) is 18.6 Å². The highest BCUT2D eigenvalue weighted by Crippen LogP contribution is 2.49. The summed E-state index contributed by atoms with van der Waals surface area (Å²) in [5.41, 5.74) is 1.15. The number of aromatic nitrogens is 1. The summed E-state index contributed by atoms with van der Waals surface area (Å²) in [6.07, 6.45) is 5.74. The molecule has 1 aromatic carbocycles. The van der Waals surface area contributed by atoms with Gasteiger partial charge in [0.15, 0.2) is 0 Å². The molecule has 2 atom stereocenters. The molecule has 2 heterocycles. The average Bonchev–Trinajstić information content (AvgIpc) is 3.28. The molecule has 25 heavy (non-hydrogen) atoms. The third-order valence-corrected chi connectivity index (χ3v) is 5.72. The van der Waals surface area contributed by atoms with Gasteiger partial charge in [-0.25, -0.2) is 4.39 Å². The van der Waals surface area contributed by atoms with Gasteiger partial charge < -0.3 is 15.0 Å². The largest absolute Gasteiger partial charge is 0.481 e. The Morgan fingerprint density at radius 1 is 1.24 bits per heavy atom. The minimum absolute atomic E-state index is 0.0298. The number of fused-ring (bicyclic) bond motifs is 1. The van der Waals surface area contributed by atoms with E-state index in [0.717, 1.165) is 18.4 Å². The first-order valence-corrected chi connectivity index (χ1v) is 8.47. The first-order valence-electron chi connectivity index (χ1n) is 8.47. The van der Waals surface area contributed by atoms with Gasteiger partial charge in [0, 0.05) is 31.0 Å². The number of carbonyl (C=O) groups is 2. The maximum absolute atomic E-state index is 13.1. The number of carbonyl (C=O) groups excluding carboxylic acids is 1. The minimum atomic E-state index is -0.793. The van der Waals surface area contributed by atoms with Crippen LogP contribution in [-0.4, -0.2) is 40.0 Å². The maximum Gasteiger partial charge on any atom is 0.311 e. The number of aliphatic carboxylic acids is 1. The number of benzene rings is 1. The van der Waals surface area contributed by atoms with E-state index in [4.69, 9.17) is 0 Å². The van der Waals surface area contributed by atoms with Crippen molar-refractivity contribution in [2.75, 3.05) is 13.1 Å². The van der Waals surface area contributed by atoms with Crippen LogP contribution in [0.4, 0.5) is 4.39 Å². The summed E-state index contributed by atoms with van der Waals surface area (Å²) in [6.45, 7) is 0.749. The second-order valence-corrected chi connectivity index (χ2v) is 7.03. The van der Waals surface area contributed by atoms with Crippen LogP contribution in [-0.2, 0) is 4.79 Å². The lowest BCUT2D eigenvalue weighted by Crippen LogP contribution is -2.37. The van der Waals surface area contributed by atoms with Crippen LogP contribution in [0.1, 0.15) is 29.6 Å². The molecule has 0 spiro atoms. The molecular weight excluding hydrogens is 323 g/mol. The van der Waals surface area contributed by atoms with Crippen molar-refractivity contribution in [2.24, 2.45) is 11.3 Å². The molecule has 1 amide bonds. The molecule has 1 aliphatic carbocycles. The second-order valence-electron chi connectivity index (χ2n) is 7.03. The fraction of sp³-hybridized carbons (Fsp3) is 0.368. The summed E-state index contributed by atoms with van der Waals surface area (Å²) in [5.74, 6) is -1.26. The van der Waals surface area contributed by atoms with E-state index in [1.54, 1.807) is 29.4 Å². The third-order valence-electron chi connectivity index (χ3n) is 5.72. The van der Waals surface area contributed by atoms with Crippen molar-refractivity contribution in [3.05, 3.63) is 48.0 Å². The molecule has 6 heteroatoms. The minimum Gasteiger partial charge on any atom is -0.481 e. The number of aromatic amines is 1. The summed E-state index contributed by atoms with van der Waals surface area (Å²) in [6, 6.07) is 5.98. The van der Waals surface area contributed by atoms with Crippen molar-refractivity contribution >= 4 is 11.9 Å². The molecule has 5 nitrogen and oxygen atoms in total. The number of carboxylic acid groups (broad SMARTS) is 1. The molecule has 2 fully saturated rings. The first-order chi connectivity index (χ1) is 12.0. The van der Waals surface area contributed by atoms with Crippen LogP contribution in [0.3, 0.4) is 0 Å². The number of hydrogen-bond donors (Lipinski definition) is 2. The summed E-state index contributed by atoms with van der Waals surface area (Å²) in [5, 5.41) is 9.68. The maximum atomic E-state index is 13.1. The van der Waals surface area contributed by atoms with Crippen molar-refractivity contribution in [3.63, 3.8) is 0 Å². The number of hydrogen-bond acceptors (Lipinski definition) is 2. The second kappa shape index (κ2) is 5.72. The number of amides is 1. The number of rotatable bonds is 3. The molecule has 2 aromatic rings. The molecule has 2 N–H and O–H groups in total. The SMILES string of the molecule is O=C(c1c[nH]cc1-c1ccc(F)cc1)N1C[C@@H]2CCC[C@@]2(C(=O)O)C1. The molecule has 1 saturated heterocycles. The van der Waals surface area contributed by atoms with Crippen molar-refractivity contribution in [1.82, 2.24) is 9.88 Å². The van der Waals surface area contributed by atoms with Gasteiger partial charge in [-0.05, 0) is 36.5 Å². The zero-order chi connectivity index (χ0) is 17.6. The van der Waals surface area contributed by atoms with Crippen LogP contribution in [0.2, 0.25) is 0 Å². The Kier molecular flexibility index (Phi) is 3.63. The summed E-state index contributed by atoms with van der Waals surface area (Å²) >= 11 is 0. The number of nitrogens with one attached hydrogen (secondary N) is 1. The highest BCUT2D eigenvalue weighted by molar-refractivity contribution is 6.01. The van der Waals surface area contributed by atoms with Gasteiger partial charge in [0.2, 0.25) is 0 Å². The Morgan fingerprint density at radius 2 is 2.00 bits per heavy atom. The lowest BCUT2D eigenvalue weighted by molar-refractivity contribution is -0.149. The van der Waals surface area contributed by atoms with Gasteiger partial charge in [-0.2, -0.15) is 0 Å². The Morgan fingerprint density at radius 3 is 2.68 bits per heavy atom. The lowest BCUT2D eigenvalue weighted by Gasteiger charge is -2.23. The van der Waals surface area contributed by atoms with Gasteiger partial charge in [0.1, 0.15) is 5.82 Å². The van der Waals surface area contributed by atoms with E-state index < -0.39 is 11.4 Å². The third kappa shape index (κ3) is 2.44. The zero-order valence-corrected chi connectivity index (χ0v) is 13.7. The highest BCUT2D eigenvalue weighted by atomic mass is 19.1. The first kappa shape index (κ1) is 15.9. The summed E-state index contributed by atoms with van der Waals surface area (Å²) in [7, 11) is 0. The van der Waals surface area contributed by atoms with E-state index in [1.807, 2.05) is 0 Å². The Balaban J connectivity index is 1.62. The van der Waals surface area contributed by atoms with Crippen LogP contribution >= 0.6 is 0 Å². The number of carboxylic acids is 1. The van der Waals surface area contributed by atoms with Crippen molar-refractivity contribution < 1.29 is 19.1 Å². The molecule has 130 valence electrons. The Hall–Kier alpha value is -2.63. The molecule has 1 aliphatic heterocycles. The van der Waals surface area contributed by atoms with Gasteiger partial charge in [0.25, 0.3) is 5.91 Å². The smallest absolute Gasteiger partial charge is 0.311 e. The fourth-order valence-corrected chi connectivity index (χ4v) is 4.37. The summed E-state index contributed by atoms with van der Waals surface area (Å²) in [4.78, 5) is 29.4. The highest BCUT2D eigenvalue weighted by Gasteiger charge is 2.55. The van der Waals surface area contributed by atoms with Crippen molar-refractivity contribution in [2.45, 2.75) is 19.3 Å². The fourth-order valence-electron chi connectivity index (χ4n) is 4.37. The molecule has 0 radical (unpaired) electrons. The van der Waals surface area contributed by atoms with Crippen LogP contribution < -0.4 is 0 Å². The van der Waals surface area contributed by atoms with Crippen molar-refractivity contribution in [1.29, 1.82) is 0 Å². The molecule has 1 aromatic heterocycles. The molecule has 2 aliphatic rings. The van der Waals surface area contributed by atoms with E-state index in [-0.39, 0.29) is 24.2 Å². The monoisotopic (exact) mass is 342 g/mol. The van der Waals surface area contributed by atoms with Gasteiger partial charge in [-0.3, -0.25) is 9.59 Å². The number of nitrogens with zero attached hydrogens (tertiary/aromatic N) is 1. The number of likely N-dealkylation sites (tertiary alicyclic amines) is 1. The van der Waals surface area contributed by atoms with Crippen LogP contribution in [0.25, 0.3) is 11.1 Å². The quantitative estimate of drug-likeness (QED) is 0.900. The standard InChI is InChI=1S/C19H19FN2O3/c20-14-5-3-12(4-6-14)15-8-21-9-16(15)17(23)22-10-13-2-1-7-19(13,11-22)18(24)25/h3-6,8-9,13,21H,1-2,7,10-11H2,(H,24,25)/t13-,19+/m0/s1.